The normalized spacial score (nSPS) is 28.4. The lowest BCUT2D eigenvalue weighted by Crippen LogP contribution is -2.30. The molecule has 0 unspecified atom stereocenters. The van der Waals surface area contributed by atoms with Gasteiger partial charge in [0.2, 0.25) is 0 Å². The molecule has 22 heavy (non-hydrogen) atoms. The second kappa shape index (κ2) is 5.72. The van der Waals surface area contributed by atoms with Crippen LogP contribution in [0, 0.1) is 6.92 Å². The van der Waals surface area contributed by atoms with E-state index in [1.165, 1.54) is 18.0 Å². The zero-order valence-corrected chi connectivity index (χ0v) is 12.0. The Morgan fingerprint density at radius 3 is 2.91 bits per heavy atom. The maximum Gasteiger partial charge on any atom is 0.181 e. The number of anilines is 1. The number of fused-ring (bicyclic) bond motifs is 1. The molecule has 0 bridgehead atoms. The first kappa shape index (κ1) is 15.0. The number of nitrogens with zero attached hydrogens (tertiary/aromatic N) is 4. The highest BCUT2D eigenvalue weighted by Gasteiger charge is 2.45. The molecule has 1 saturated heterocycles. The molecule has 0 aromatic carbocycles. The quantitative estimate of drug-likeness (QED) is 0.659. The van der Waals surface area contributed by atoms with Gasteiger partial charge in [-0.05, 0) is 6.92 Å². The average molecular weight is 313 g/mol. The highest BCUT2D eigenvalue weighted by Crippen LogP contribution is 2.34. The summed E-state index contributed by atoms with van der Waals surface area (Å²) in [6.07, 6.45) is -3.88. The van der Waals surface area contributed by atoms with Gasteiger partial charge < -0.3 is 14.9 Å². The molecule has 9 nitrogen and oxygen atoms in total. The Kier molecular flexibility index (Phi) is 3.91. The largest absolute Gasteiger partial charge is 0.394 e. The molecular weight excluding hydrogens is 297 g/mol. The van der Waals surface area contributed by atoms with Crippen molar-refractivity contribution in [1.29, 1.82) is 0 Å². The highest BCUT2D eigenvalue weighted by molar-refractivity contribution is 5.82. The van der Waals surface area contributed by atoms with Gasteiger partial charge in [0.1, 0.15) is 18.0 Å². The van der Waals surface area contributed by atoms with Gasteiger partial charge in [-0.1, -0.05) is 0 Å². The van der Waals surface area contributed by atoms with Gasteiger partial charge in [-0.2, -0.15) is 0 Å². The van der Waals surface area contributed by atoms with Crippen molar-refractivity contribution >= 4 is 17.0 Å². The summed E-state index contributed by atoms with van der Waals surface area (Å²) >= 11 is 0. The van der Waals surface area contributed by atoms with Crippen molar-refractivity contribution in [3.63, 3.8) is 0 Å². The number of ether oxygens (including phenoxy) is 1. The van der Waals surface area contributed by atoms with Crippen molar-refractivity contribution in [2.45, 2.75) is 31.5 Å². The summed E-state index contributed by atoms with van der Waals surface area (Å²) in [7, 11) is 1.43. The Labute approximate surface area is 124 Å². The fourth-order valence-corrected chi connectivity index (χ4v) is 2.46. The van der Waals surface area contributed by atoms with Crippen molar-refractivity contribution in [3.05, 3.63) is 12.2 Å². The first-order chi connectivity index (χ1) is 10.6. The van der Waals surface area contributed by atoms with Crippen LogP contribution < -0.4 is 5.48 Å². The van der Waals surface area contributed by atoms with Crippen LogP contribution in [0.4, 0.5) is 10.2 Å². The summed E-state index contributed by atoms with van der Waals surface area (Å²) in [5.74, 6) is 0.776. The van der Waals surface area contributed by atoms with Crippen LogP contribution in [0.1, 0.15) is 12.1 Å². The first-order valence-electron chi connectivity index (χ1n) is 6.65. The Morgan fingerprint density at radius 2 is 2.27 bits per heavy atom. The molecule has 2 aromatic heterocycles. The summed E-state index contributed by atoms with van der Waals surface area (Å²) in [4.78, 5) is 17.4. The summed E-state index contributed by atoms with van der Waals surface area (Å²) in [5, 5.41) is 18.8. The Morgan fingerprint density at radius 1 is 1.50 bits per heavy atom. The third-order valence-corrected chi connectivity index (χ3v) is 3.48. The van der Waals surface area contributed by atoms with E-state index >= 15 is 0 Å². The van der Waals surface area contributed by atoms with E-state index in [2.05, 4.69) is 20.4 Å². The number of imidazole rings is 1. The SMILES string of the molecule is CONc1nc(C)nc2c1ncn2[C@@H]1O[C@H](CO)[C@@H](O)[C@@H]1F. The van der Waals surface area contributed by atoms with E-state index in [1.807, 2.05) is 0 Å². The lowest BCUT2D eigenvalue weighted by Gasteiger charge is -2.15. The zero-order chi connectivity index (χ0) is 15.9. The summed E-state index contributed by atoms with van der Waals surface area (Å²) in [6.45, 7) is 1.20. The lowest BCUT2D eigenvalue weighted by molar-refractivity contribution is -0.0459. The topological polar surface area (TPSA) is 115 Å². The maximum atomic E-state index is 14.2. The molecule has 3 rings (SSSR count). The van der Waals surface area contributed by atoms with Crippen LogP contribution in [0.15, 0.2) is 6.33 Å². The monoisotopic (exact) mass is 313 g/mol. The molecule has 4 atom stereocenters. The molecule has 120 valence electrons. The van der Waals surface area contributed by atoms with E-state index in [1.54, 1.807) is 6.92 Å². The van der Waals surface area contributed by atoms with Crippen LogP contribution in [-0.4, -0.2) is 61.8 Å². The third-order valence-electron chi connectivity index (χ3n) is 3.48. The van der Waals surface area contributed by atoms with Crippen molar-refractivity contribution in [1.82, 2.24) is 19.5 Å². The molecule has 2 aromatic rings. The molecular formula is C12H16FN5O4. The number of aryl methyl sites for hydroxylation is 1. The van der Waals surface area contributed by atoms with Crippen molar-refractivity contribution < 1.29 is 24.2 Å². The summed E-state index contributed by atoms with van der Waals surface area (Å²) in [5.41, 5.74) is 3.30. The fraction of sp³-hybridized carbons (Fsp3) is 0.583. The van der Waals surface area contributed by atoms with E-state index in [-0.39, 0.29) is 0 Å². The summed E-state index contributed by atoms with van der Waals surface area (Å²) < 4.78 is 21.0. The van der Waals surface area contributed by atoms with Gasteiger partial charge in [0.05, 0.1) is 20.0 Å². The molecule has 0 aliphatic carbocycles. The summed E-state index contributed by atoms with van der Waals surface area (Å²) in [6, 6.07) is 0. The number of rotatable bonds is 4. The Hall–Kier alpha value is -1.88. The second-order valence-corrected chi connectivity index (χ2v) is 4.93. The zero-order valence-electron chi connectivity index (χ0n) is 12.0. The highest BCUT2D eigenvalue weighted by atomic mass is 19.1. The van der Waals surface area contributed by atoms with E-state index in [0.717, 1.165) is 0 Å². The van der Waals surface area contributed by atoms with Gasteiger partial charge in [-0.25, -0.2) is 24.8 Å². The predicted octanol–water partition coefficient (Wildman–Crippen LogP) is -0.303. The number of hydrogen-bond donors (Lipinski definition) is 3. The van der Waals surface area contributed by atoms with E-state index in [9.17, 15) is 9.50 Å². The number of hydrogen-bond acceptors (Lipinski definition) is 8. The van der Waals surface area contributed by atoms with Gasteiger partial charge in [0, 0.05) is 0 Å². The van der Waals surface area contributed by atoms with Crippen LogP contribution >= 0.6 is 0 Å². The second-order valence-electron chi connectivity index (χ2n) is 4.93. The molecule has 3 heterocycles. The average Bonchev–Trinajstić information content (AvgIpc) is 3.02. The van der Waals surface area contributed by atoms with Gasteiger partial charge in [0.15, 0.2) is 29.4 Å². The molecule has 10 heteroatoms. The van der Waals surface area contributed by atoms with E-state index in [4.69, 9.17) is 14.7 Å². The molecule has 0 saturated carbocycles. The predicted molar refractivity (Wildman–Crippen MR) is 72.6 cm³/mol. The Balaban J connectivity index is 2.05. The number of nitrogens with one attached hydrogen (secondary N) is 1. The number of aliphatic hydroxyl groups is 2. The van der Waals surface area contributed by atoms with Crippen molar-refractivity contribution in [2.75, 3.05) is 19.2 Å². The van der Waals surface area contributed by atoms with Crippen LogP contribution in [-0.2, 0) is 9.57 Å². The molecule has 1 aliphatic rings. The van der Waals surface area contributed by atoms with Gasteiger partial charge in [-0.15, -0.1) is 0 Å². The number of aliphatic hydroxyl groups excluding tert-OH is 2. The van der Waals surface area contributed by atoms with Gasteiger partial charge in [-0.3, -0.25) is 9.40 Å². The minimum absolute atomic E-state index is 0.338. The molecule has 3 N–H and O–H groups in total. The van der Waals surface area contributed by atoms with Crippen LogP contribution in [0.3, 0.4) is 0 Å². The van der Waals surface area contributed by atoms with E-state index in [0.29, 0.717) is 22.8 Å². The molecule has 1 fully saturated rings. The minimum Gasteiger partial charge on any atom is -0.394 e. The Bertz CT molecular complexity index is 681. The number of alkyl halides is 1. The smallest absolute Gasteiger partial charge is 0.181 e. The number of aromatic nitrogens is 4. The molecule has 1 aliphatic heterocycles. The van der Waals surface area contributed by atoms with Gasteiger partial charge in [0.25, 0.3) is 0 Å². The van der Waals surface area contributed by atoms with Crippen LogP contribution in [0.5, 0.6) is 0 Å². The van der Waals surface area contributed by atoms with Crippen molar-refractivity contribution in [3.8, 4) is 0 Å². The number of halogens is 1. The third kappa shape index (κ3) is 2.29. The van der Waals surface area contributed by atoms with Crippen LogP contribution in [0.25, 0.3) is 11.2 Å². The van der Waals surface area contributed by atoms with Gasteiger partial charge >= 0.3 is 0 Å². The van der Waals surface area contributed by atoms with E-state index < -0.39 is 31.2 Å². The van der Waals surface area contributed by atoms with Crippen molar-refractivity contribution in [2.24, 2.45) is 0 Å². The maximum absolute atomic E-state index is 14.2. The molecule has 0 spiro atoms. The molecule has 0 radical (unpaired) electrons. The van der Waals surface area contributed by atoms with Crippen LogP contribution in [0.2, 0.25) is 0 Å². The molecule has 0 amide bonds. The standard InChI is InChI=1S/C12H16FN5O4/c1-5-15-10(17-21-2)8-11(16-5)18(4-14-8)12-7(13)9(20)6(3-19)22-12/h4,6-7,9,12,19-20H,3H2,1-2H3,(H,15,16,17)/t6-,7+,9-,12-/m1/s1. The minimum atomic E-state index is -1.70. The fourth-order valence-electron chi connectivity index (χ4n) is 2.46. The first-order valence-corrected chi connectivity index (χ1v) is 6.65. The lowest BCUT2D eigenvalue weighted by atomic mass is 10.1.